The van der Waals surface area contributed by atoms with Crippen LogP contribution in [0.15, 0.2) is 18.2 Å². The second-order valence-electron chi connectivity index (χ2n) is 5.42. The van der Waals surface area contributed by atoms with Gasteiger partial charge < -0.3 is 15.4 Å². The zero-order valence-corrected chi connectivity index (χ0v) is 12.4. The van der Waals surface area contributed by atoms with E-state index in [1.807, 2.05) is 36.9 Å². The smallest absolute Gasteiger partial charge is 0.254 e. The van der Waals surface area contributed by atoms with E-state index in [1.165, 1.54) is 0 Å². The van der Waals surface area contributed by atoms with Crippen LogP contribution in [-0.4, -0.2) is 43.2 Å². The predicted octanol–water partition coefficient (Wildman–Crippen LogP) is 1.88. The minimum atomic E-state index is 0.151. The molecule has 110 valence electrons. The molecule has 0 aromatic heterocycles. The molecule has 0 aliphatic carbocycles. The van der Waals surface area contributed by atoms with E-state index in [9.17, 15) is 4.79 Å². The van der Waals surface area contributed by atoms with Crippen LogP contribution in [0.5, 0.6) is 0 Å². The number of hydrogen-bond acceptors (Lipinski definition) is 3. The van der Waals surface area contributed by atoms with Gasteiger partial charge in [0.05, 0.1) is 12.7 Å². The van der Waals surface area contributed by atoms with Crippen LogP contribution in [0.2, 0.25) is 0 Å². The minimum Gasteiger partial charge on any atom is -0.377 e. The van der Waals surface area contributed by atoms with Crippen LogP contribution >= 0.6 is 0 Å². The lowest BCUT2D eigenvalue weighted by Gasteiger charge is -2.32. The molecule has 0 saturated carbocycles. The van der Waals surface area contributed by atoms with E-state index in [2.05, 4.69) is 0 Å². The summed E-state index contributed by atoms with van der Waals surface area (Å²) in [5.74, 6) is 0.151. The van der Waals surface area contributed by atoms with Gasteiger partial charge in [-0.3, -0.25) is 4.79 Å². The molecule has 1 aromatic carbocycles. The van der Waals surface area contributed by atoms with Gasteiger partial charge in [-0.25, -0.2) is 0 Å². The van der Waals surface area contributed by atoms with E-state index >= 15 is 0 Å². The number of nitrogens with zero attached hydrogens (tertiary/aromatic N) is 1. The Balaban J connectivity index is 1.98. The van der Waals surface area contributed by atoms with Gasteiger partial charge in [-0.15, -0.1) is 0 Å². The number of carbonyl (C=O) groups is 1. The third-order valence-corrected chi connectivity index (χ3v) is 3.90. The predicted molar refractivity (Wildman–Crippen MR) is 79.8 cm³/mol. The molecule has 1 aromatic rings. The number of rotatable bonds is 4. The number of aryl methyl sites for hydroxylation is 2. The summed E-state index contributed by atoms with van der Waals surface area (Å²) in [6, 6.07) is 5.99. The quantitative estimate of drug-likeness (QED) is 0.913. The third kappa shape index (κ3) is 3.38. The van der Waals surface area contributed by atoms with Gasteiger partial charge >= 0.3 is 0 Å². The van der Waals surface area contributed by atoms with Gasteiger partial charge in [-0.2, -0.15) is 0 Å². The summed E-state index contributed by atoms with van der Waals surface area (Å²) in [6.07, 6.45) is 2.05. The summed E-state index contributed by atoms with van der Waals surface area (Å²) in [5.41, 5.74) is 8.40. The van der Waals surface area contributed by atoms with E-state index < -0.39 is 0 Å². The Morgan fingerprint density at radius 2 is 1.90 bits per heavy atom. The van der Waals surface area contributed by atoms with Gasteiger partial charge in [0.25, 0.3) is 5.91 Å². The first-order valence-corrected chi connectivity index (χ1v) is 7.30. The number of hydrogen-bond donors (Lipinski definition) is 1. The number of nitrogens with two attached hydrogens (primary N) is 1. The van der Waals surface area contributed by atoms with Crippen molar-refractivity contribution in [1.29, 1.82) is 0 Å². The average Bonchev–Trinajstić information content (AvgIpc) is 2.45. The Morgan fingerprint density at radius 1 is 1.30 bits per heavy atom. The summed E-state index contributed by atoms with van der Waals surface area (Å²) >= 11 is 0. The van der Waals surface area contributed by atoms with Gasteiger partial charge in [0.15, 0.2) is 0 Å². The van der Waals surface area contributed by atoms with E-state index in [4.69, 9.17) is 10.5 Å². The maximum Gasteiger partial charge on any atom is 0.254 e. The van der Waals surface area contributed by atoms with Crippen molar-refractivity contribution in [3.63, 3.8) is 0 Å². The van der Waals surface area contributed by atoms with Crippen LogP contribution in [-0.2, 0) is 4.74 Å². The Hall–Kier alpha value is -1.39. The van der Waals surface area contributed by atoms with Crippen LogP contribution in [0.3, 0.4) is 0 Å². The van der Waals surface area contributed by atoms with Crippen molar-refractivity contribution in [1.82, 2.24) is 4.90 Å². The largest absolute Gasteiger partial charge is 0.377 e. The first-order valence-electron chi connectivity index (χ1n) is 7.30. The van der Waals surface area contributed by atoms with Crippen molar-refractivity contribution in [3.8, 4) is 0 Å². The second-order valence-corrected chi connectivity index (χ2v) is 5.42. The monoisotopic (exact) mass is 276 g/mol. The van der Waals surface area contributed by atoms with Crippen molar-refractivity contribution in [2.75, 3.05) is 26.2 Å². The third-order valence-electron chi connectivity index (χ3n) is 3.90. The normalized spacial score (nSPS) is 16.4. The Bertz CT molecular complexity index is 445. The first-order chi connectivity index (χ1) is 9.63. The molecule has 1 saturated heterocycles. The summed E-state index contributed by atoms with van der Waals surface area (Å²) in [6.45, 7) is 6.69. The zero-order valence-electron chi connectivity index (χ0n) is 12.4. The van der Waals surface area contributed by atoms with Crippen LogP contribution in [0.25, 0.3) is 0 Å². The van der Waals surface area contributed by atoms with E-state index in [1.54, 1.807) is 0 Å². The summed E-state index contributed by atoms with van der Waals surface area (Å²) in [7, 11) is 0. The minimum absolute atomic E-state index is 0.151. The molecule has 1 aliphatic heterocycles. The van der Waals surface area contributed by atoms with E-state index in [-0.39, 0.29) is 12.0 Å². The lowest BCUT2D eigenvalue weighted by molar-refractivity contribution is 0.0121. The maximum absolute atomic E-state index is 12.6. The van der Waals surface area contributed by atoms with E-state index in [0.717, 1.165) is 42.6 Å². The van der Waals surface area contributed by atoms with Crippen LogP contribution in [0, 0.1) is 13.8 Å². The van der Waals surface area contributed by atoms with Gasteiger partial charge in [-0.05, 0) is 37.8 Å². The van der Waals surface area contributed by atoms with Gasteiger partial charge in [0.1, 0.15) is 0 Å². The molecule has 1 heterocycles. The summed E-state index contributed by atoms with van der Waals surface area (Å²) in [5, 5.41) is 0. The Kier molecular flexibility index (Phi) is 5.15. The van der Waals surface area contributed by atoms with Crippen LogP contribution in [0.4, 0.5) is 0 Å². The number of amides is 1. The molecular weight excluding hydrogens is 252 g/mol. The molecular formula is C16H24N2O2. The molecule has 1 fully saturated rings. The number of carbonyl (C=O) groups excluding carboxylic acids is 1. The average molecular weight is 276 g/mol. The van der Waals surface area contributed by atoms with E-state index in [0.29, 0.717) is 13.2 Å². The van der Waals surface area contributed by atoms with Crippen molar-refractivity contribution >= 4 is 5.91 Å². The highest BCUT2D eigenvalue weighted by Crippen LogP contribution is 2.20. The second kappa shape index (κ2) is 6.86. The van der Waals surface area contributed by atoms with Crippen molar-refractivity contribution < 1.29 is 9.53 Å². The lowest BCUT2D eigenvalue weighted by Crippen LogP contribution is -2.41. The number of ether oxygens (including phenoxy) is 1. The zero-order chi connectivity index (χ0) is 14.5. The highest BCUT2D eigenvalue weighted by Gasteiger charge is 2.25. The molecule has 4 heteroatoms. The SMILES string of the molecule is Cc1cccc(C)c1C(=O)N1CCC(OCCN)CC1. The fraction of sp³-hybridized carbons (Fsp3) is 0.562. The highest BCUT2D eigenvalue weighted by molar-refractivity contribution is 5.97. The molecule has 0 bridgehead atoms. The molecule has 2 N–H and O–H groups in total. The standard InChI is InChI=1S/C16H24N2O2/c1-12-4-3-5-13(2)15(12)16(19)18-9-6-14(7-10-18)20-11-8-17/h3-5,14H,6-11,17H2,1-2H3. The molecule has 1 amide bonds. The van der Waals surface area contributed by atoms with Gasteiger partial charge in [0, 0.05) is 25.2 Å². The molecule has 4 nitrogen and oxygen atoms in total. The first kappa shape index (κ1) is 15.0. The van der Waals surface area contributed by atoms with Gasteiger partial charge in [0.2, 0.25) is 0 Å². The highest BCUT2D eigenvalue weighted by atomic mass is 16.5. The summed E-state index contributed by atoms with van der Waals surface area (Å²) < 4.78 is 5.65. The maximum atomic E-state index is 12.6. The molecule has 0 spiro atoms. The van der Waals surface area contributed by atoms with Crippen LogP contribution < -0.4 is 5.73 Å². The topological polar surface area (TPSA) is 55.6 Å². The van der Waals surface area contributed by atoms with Crippen molar-refractivity contribution in [3.05, 3.63) is 34.9 Å². The fourth-order valence-corrected chi connectivity index (χ4v) is 2.77. The van der Waals surface area contributed by atoms with Crippen LogP contribution in [0.1, 0.15) is 34.3 Å². The molecule has 0 unspecified atom stereocenters. The Labute approximate surface area is 120 Å². The summed E-state index contributed by atoms with van der Waals surface area (Å²) in [4.78, 5) is 14.6. The number of benzene rings is 1. The molecule has 20 heavy (non-hydrogen) atoms. The van der Waals surface area contributed by atoms with Gasteiger partial charge in [-0.1, -0.05) is 18.2 Å². The number of likely N-dealkylation sites (tertiary alicyclic amines) is 1. The lowest BCUT2D eigenvalue weighted by atomic mass is 10.00. The molecule has 0 atom stereocenters. The molecule has 0 radical (unpaired) electrons. The molecule has 2 rings (SSSR count). The van der Waals surface area contributed by atoms with Crippen molar-refractivity contribution in [2.45, 2.75) is 32.8 Å². The van der Waals surface area contributed by atoms with Crippen molar-refractivity contribution in [2.24, 2.45) is 5.73 Å². The number of piperidine rings is 1. The fourth-order valence-electron chi connectivity index (χ4n) is 2.77. The Morgan fingerprint density at radius 3 is 2.45 bits per heavy atom. The molecule has 1 aliphatic rings.